The summed E-state index contributed by atoms with van der Waals surface area (Å²) in [5, 5.41) is 14.1. The van der Waals surface area contributed by atoms with Crippen molar-refractivity contribution in [3.63, 3.8) is 0 Å². The van der Waals surface area contributed by atoms with Crippen LogP contribution in [-0.2, 0) is 11.4 Å². The number of rotatable bonds is 8. The zero-order chi connectivity index (χ0) is 24.8. The molecule has 0 unspecified atom stereocenters. The van der Waals surface area contributed by atoms with Gasteiger partial charge in [0.05, 0.1) is 22.1 Å². The predicted octanol–water partition coefficient (Wildman–Crippen LogP) is 6.23. The van der Waals surface area contributed by atoms with E-state index in [4.69, 9.17) is 9.47 Å². The van der Waals surface area contributed by atoms with Crippen LogP contribution in [0, 0.1) is 10.1 Å². The van der Waals surface area contributed by atoms with E-state index < -0.39 is 4.92 Å². The molecule has 0 bridgehead atoms. The van der Waals surface area contributed by atoms with Gasteiger partial charge in [-0.2, -0.15) is 0 Å². The van der Waals surface area contributed by atoms with Crippen LogP contribution in [0.25, 0.3) is 6.08 Å². The van der Waals surface area contributed by atoms with Crippen LogP contribution in [0.2, 0.25) is 0 Å². The number of carbonyl (C=O) groups is 1. The van der Waals surface area contributed by atoms with Gasteiger partial charge in [-0.15, -0.1) is 0 Å². The third-order valence-corrected chi connectivity index (χ3v) is 6.20. The molecule has 1 fully saturated rings. The first kappa shape index (κ1) is 24.5. The van der Waals surface area contributed by atoms with Gasteiger partial charge in [0, 0.05) is 16.6 Å². The topological polar surface area (TPSA) is 103 Å². The van der Waals surface area contributed by atoms with E-state index in [9.17, 15) is 14.9 Å². The monoisotopic (exact) mass is 553 g/mol. The average molecular weight is 554 g/mol. The van der Waals surface area contributed by atoms with Crippen LogP contribution in [0.5, 0.6) is 11.5 Å². The van der Waals surface area contributed by atoms with E-state index in [1.807, 2.05) is 37.3 Å². The average Bonchev–Trinajstić information content (AvgIpc) is 3.17. The van der Waals surface area contributed by atoms with E-state index in [1.165, 1.54) is 23.9 Å². The molecule has 3 aromatic carbocycles. The number of hydrogen-bond donors (Lipinski definition) is 1. The lowest BCUT2D eigenvalue weighted by Crippen LogP contribution is -2.19. The van der Waals surface area contributed by atoms with Gasteiger partial charge < -0.3 is 14.8 Å². The summed E-state index contributed by atoms with van der Waals surface area (Å²) in [6.45, 7) is 2.54. The van der Waals surface area contributed by atoms with Crippen LogP contribution < -0.4 is 14.8 Å². The molecule has 0 spiro atoms. The molecule has 1 saturated heterocycles. The normalized spacial score (nSPS) is 15.3. The van der Waals surface area contributed by atoms with E-state index in [1.54, 1.807) is 30.3 Å². The first-order chi connectivity index (χ1) is 16.9. The molecule has 4 rings (SSSR count). The highest BCUT2D eigenvalue weighted by molar-refractivity contribution is 9.10. The van der Waals surface area contributed by atoms with Gasteiger partial charge in [-0.1, -0.05) is 28.1 Å². The van der Waals surface area contributed by atoms with Gasteiger partial charge >= 0.3 is 0 Å². The number of nitro groups is 1. The summed E-state index contributed by atoms with van der Waals surface area (Å²) in [7, 11) is 0. The quantitative estimate of drug-likeness (QED) is 0.201. The number of halogens is 1. The molecule has 8 nitrogen and oxygen atoms in total. The molecule has 0 radical (unpaired) electrons. The van der Waals surface area contributed by atoms with Crippen LogP contribution in [-0.4, -0.2) is 22.6 Å². The zero-order valence-corrected chi connectivity index (χ0v) is 21.0. The molecule has 0 saturated carbocycles. The zero-order valence-electron chi connectivity index (χ0n) is 18.6. The van der Waals surface area contributed by atoms with Crippen LogP contribution in [0.3, 0.4) is 0 Å². The minimum atomic E-state index is -0.441. The van der Waals surface area contributed by atoms with Crippen LogP contribution in [0.4, 0.5) is 11.4 Å². The molecule has 35 heavy (non-hydrogen) atoms. The van der Waals surface area contributed by atoms with Crippen molar-refractivity contribution in [2.75, 3.05) is 6.61 Å². The Morgan fingerprint density at radius 3 is 2.60 bits per heavy atom. The smallest absolute Gasteiger partial charge is 0.269 e. The summed E-state index contributed by atoms with van der Waals surface area (Å²) >= 11 is 4.68. The Labute approximate surface area is 214 Å². The molecule has 1 heterocycles. The number of nitrogens with one attached hydrogen (secondary N) is 1. The van der Waals surface area contributed by atoms with Gasteiger partial charge in [-0.25, -0.2) is 4.99 Å². The number of ether oxygens (including phenoxy) is 2. The summed E-state index contributed by atoms with van der Waals surface area (Å²) in [6, 6.07) is 19.1. The van der Waals surface area contributed by atoms with Gasteiger partial charge in [-0.3, -0.25) is 14.9 Å². The van der Waals surface area contributed by atoms with Gasteiger partial charge in [-0.05, 0) is 78.4 Å². The number of hydrogen-bond acceptors (Lipinski definition) is 7. The maximum atomic E-state index is 12.5. The highest BCUT2D eigenvalue weighted by atomic mass is 79.9. The number of benzene rings is 3. The Kier molecular flexibility index (Phi) is 7.84. The third kappa shape index (κ3) is 6.49. The Morgan fingerprint density at radius 2 is 1.89 bits per heavy atom. The number of carbonyl (C=O) groups excluding carboxylic acids is 1. The Bertz CT molecular complexity index is 1320. The van der Waals surface area contributed by atoms with Crippen molar-refractivity contribution in [1.82, 2.24) is 5.32 Å². The molecule has 0 aromatic heterocycles. The molecular weight excluding hydrogens is 534 g/mol. The highest BCUT2D eigenvalue weighted by Crippen LogP contribution is 2.33. The van der Waals surface area contributed by atoms with Crippen molar-refractivity contribution >= 4 is 56.2 Å². The van der Waals surface area contributed by atoms with Crippen molar-refractivity contribution in [1.29, 1.82) is 0 Å². The van der Waals surface area contributed by atoms with Gasteiger partial charge in [0.2, 0.25) is 0 Å². The van der Waals surface area contributed by atoms with Crippen LogP contribution in [0.1, 0.15) is 18.1 Å². The lowest BCUT2D eigenvalue weighted by molar-refractivity contribution is -0.384. The van der Waals surface area contributed by atoms with E-state index in [2.05, 4.69) is 26.2 Å². The van der Waals surface area contributed by atoms with Crippen molar-refractivity contribution in [3.8, 4) is 11.5 Å². The molecule has 10 heteroatoms. The maximum absolute atomic E-state index is 12.5. The number of non-ortho nitro benzene ring substituents is 1. The minimum Gasteiger partial charge on any atom is -0.490 e. The molecule has 1 amide bonds. The van der Waals surface area contributed by atoms with Crippen molar-refractivity contribution in [2.24, 2.45) is 4.99 Å². The maximum Gasteiger partial charge on any atom is 0.269 e. The molecule has 178 valence electrons. The van der Waals surface area contributed by atoms with Gasteiger partial charge in [0.15, 0.2) is 16.7 Å². The van der Waals surface area contributed by atoms with Gasteiger partial charge in [0.25, 0.3) is 11.6 Å². The second-order valence-electron chi connectivity index (χ2n) is 7.31. The first-order valence-electron chi connectivity index (χ1n) is 10.6. The minimum absolute atomic E-state index is 0.0276. The molecular formula is C25H20BrN3O5S. The largest absolute Gasteiger partial charge is 0.490 e. The summed E-state index contributed by atoms with van der Waals surface area (Å²) in [4.78, 5) is 27.8. The summed E-state index contributed by atoms with van der Waals surface area (Å²) < 4.78 is 12.5. The van der Waals surface area contributed by atoms with E-state index in [0.29, 0.717) is 28.2 Å². The molecule has 3 aromatic rings. The lowest BCUT2D eigenvalue weighted by Gasteiger charge is -2.13. The number of nitrogens with zero attached hydrogens (tertiary/aromatic N) is 2. The lowest BCUT2D eigenvalue weighted by atomic mass is 10.1. The number of aliphatic imine (C=N–C) groups is 1. The molecule has 0 atom stereocenters. The van der Waals surface area contributed by atoms with Crippen molar-refractivity contribution in [3.05, 3.63) is 97.3 Å². The summed E-state index contributed by atoms with van der Waals surface area (Å²) in [5.41, 5.74) is 2.33. The van der Waals surface area contributed by atoms with E-state index >= 15 is 0 Å². The molecule has 1 aliphatic rings. The number of amides is 1. The van der Waals surface area contributed by atoms with Crippen LogP contribution >= 0.6 is 27.7 Å². The second-order valence-corrected chi connectivity index (χ2v) is 9.26. The van der Waals surface area contributed by atoms with Crippen LogP contribution in [0.15, 0.2) is 81.1 Å². The van der Waals surface area contributed by atoms with E-state index in [-0.39, 0.29) is 18.2 Å². The Hall–Kier alpha value is -3.63. The molecule has 0 aliphatic carbocycles. The molecule has 1 aliphatic heterocycles. The van der Waals surface area contributed by atoms with E-state index in [0.717, 1.165) is 21.3 Å². The summed E-state index contributed by atoms with van der Waals surface area (Å²) in [5.74, 6) is 0.850. The Morgan fingerprint density at radius 1 is 1.09 bits per heavy atom. The fourth-order valence-corrected chi connectivity index (χ4v) is 4.40. The predicted molar refractivity (Wildman–Crippen MR) is 140 cm³/mol. The van der Waals surface area contributed by atoms with Gasteiger partial charge in [0.1, 0.15) is 6.61 Å². The third-order valence-electron chi connectivity index (χ3n) is 4.80. The standard InChI is InChI=1S/C25H20BrN3O5S/c1-2-33-22-12-17(8-11-21(22)34-15-16-6-9-20(10-7-16)29(31)32)13-23-24(30)28-25(35-23)27-19-5-3-4-18(26)14-19/h3-14H,2,15H2,1H3,(H,27,28,30)/b23-13-. The summed E-state index contributed by atoms with van der Waals surface area (Å²) in [6.07, 6.45) is 1.77. The second kappa shape index (κ2) is 11.2. The van der Waals surface area contributed by atoms with Crippen molar-refractivity contribution < 1.29 is 19.2 Å². The molecule has 1 N–H and O–H groups in total. The number of nitro benzene ring substituents is 1. The Balaban J connectivity index is 1.48. The van der Waals surface area contributed by atoms with Crippen molar-refractivity contribution in [2.45, 2.75) is 13.5 Å². The first-order valence-corrected chi connectivity index (χ1v) is 12.2. The fraction of sp³-hybridized carbons (Fsp3) is 0.120. The number of thioether (sulfide) groups is 1. The highest BCUT2D eigenvalue weighted by Gasteiger charge is 2.24. The number of amidine groups is 1. The fourth-order valence-electron chi connectivity index (χ4n) is 3.17. The SMILES string of the molecule is CCOc1cc(/C=C2\SC(=Nc3cccc(Br)c3)NC2=O)ccc1OCc1ccc([N+](=O)[O-])cc1.